The molecular weight excluding hydrogens is 396 g/mol. The Bertz CT molecular complexity index is 863. The van der Waals surface area contributed by atoms with Crippen molar-refractivity contribution in [3.05, 3.63) is 68.9 Å². The van der Waals surface area contributed by atoms with Crippen LogP contribution in [0.25, 0.3) is 6.08 Å². The van der Waals surface area contributed by atoms with Gasteiger partial charge in [0.2, 0.25) is 0 Å². The molecule has 0 unspecified atom stereocenters. The molecule has 2 heteroatoms. The summed E-state index contributed by atoms with van der Waals surface area (Å²) < 4.78 is 6.28. The second-order valence-electron chi connectivity index (χ2n) is 12.8. The molecule has 170 valence electrons. The molecular formula is C29H43OS+. The van der Waals surface area contributed by atoms with E-state index in [4.69, 9.17) is 4.42 Å². The predicted molar refractivity (Wildman–Crippen MR) is 140 cm³/mol. The standard InChI is InChI=1S/C29H43OS/c1-26(2,3)22-16-20(17-23(30-22)27(4,5)6)14-13-15-21-18-24(28(7,8)9)31-25(19-21)29(10,11)12/h13-19H,1-12H3/q+1/b14-13+. The van der Waals surface area contributed by atoms with E-state index in [1.165, 1.54) is 20.9 Å². The van der Waals surface area contributed by atoms with Crippen molar-refractivity contribution in [1.29, 1.82) is 0 Å². The zero-order chi connectivity index (χ0) is 23.8. The number of hydrogen-bond donors (Lipinski definition) is 0. The molecule has 2 rings (SSSR count). The molecule has 1 nitrogen and oxygen atoms in total. The molecule has 0 bridgehead atoms. The van der Waals surface area contributed by atoms with E-state index in [0.29, 0.717) is 0 Å². The molecule has 0 fully saturated rings. The average molecular weight is 440 g/mol. The van der Waals surface area contributed by atoms with Crippen molar-refractivity contribution in [2.75, 3.05) is 0 Å². The molecule has 0 aromatic carbocycles. The molecule has 1 aromatic rings. The van der Waals surface area contributed by atoms with Gasteiger partial charge in [0.05, 0.1) is 10.8 Å². The Morgan fingerprint density at radius 1 is 0.645 bits per heavy atom. The van der Waals surface area contributed by atoms with Gasteiger partial charge in [-0.15, -0.1) is 0 Å². The van der Waals surface area contributed by atoms with Crippen LogP contribution in [-0.2, 0) is 10.8 Å². The third-order valence-electron chi connectivity index (χ3n) is 5.17. The first-order valence-corrected chi connectivity index (χ1v) is 12.2. The van der Waals surface area contributed by atoms with Crippen LogP contribution >= 0.6 is 11.8 Å². The second-order valence-corrected chi connectivity index (χ2v) is 13.8. The smallest absolute Gasteiger partial charge is 0.217 e. The van der Waals surface area contributed by atoms with Crippen molar-refractivity contribution < 1.29 is 4.42 Å². The summed E-state index contributed by atoms with van der Waals surface area (Å²) in [6.07, 6.45) is 11.3. The average Bonchev–Trinajstić information content (AvgIpc) is 2.58. The van der Waals surface area contributed by atoms with Gasteiger partial charge < -0.3 is 0 Å². The maximum absolute atomic E-state index is 6.28. The maximum Gasteiger partial charge on any atom is 0.335 e. The Kier molecular flexibility index (Phi) is 7.28. The first-order valence-electron chi connectivity index (χ1n) is 11.4. The molecule has 0 aliphatic carbocycles. The van der Waals surface area contributed by atoms with Crippen LogP contribution in [0.5, 0.6) is 0 Å². The SMILES string of the molecule is CC(C)(C)C1=CC(=C/C=C/c2cc(C(C)(C)C)[o+]c(C(C)(C)C)c2)C=C(C(C)(C)C)S1. The minimum absolute atomic E-state index is 0.0302. The van der Waals surface area contributed by atoms with Gasteiger partial charge in [-0.25, -0.2) is 4.42 Å². The van der Waals surface area contributed by atoms with Crippen LogP contribution in [0, 0.1) is 10.8 Å². The third kappa shape index (κ3) is 7.24. The van der Waals surface area contributed by atoms with Gasteiger partial charge >= 0.3 is 11.5 Å². The highest BCUT2D eigenvalue weighted by molar-refractivity contribution is 8.06. The highest BCUT2D eigenvalue weighted by Gasteiger charge is 2.33. The van der Waals surface area contributed by atoms with E-state index in [1.54, 1.807) is 0 Å². The molecule has 0 radical (unpaired) electrons. The van der Waals surface area contributed by atoms with Gasteiger partial charge in [-0.1, -0.05) is 71.5 Å². The molecule has 31 heavy (non-hydrogen) atoms. The van der Waals surface area contributed by atoms with Gasteiger partial charge in [0, 0.05) is 12.1 Å². The first-order chi connectivity index (χ1) is 13.9. The summed E-state index contributed by atoms with van der Waals surface area (Å²) in [6, 6.07) is 4.35. The highest BCUT2D eigenvalue weighted by atomic mass is 32.2. The zero-order valence-electron chi connectivity index (χ0n) is 21.9. The van der Waals surface area contributed by atoms with E-state index < -0.39 is 0 Å². The molecule has 0 N–H and O–H groups in total. The monoisotopic (exact) mass is 439 g/mol. The molecule has 1 aromatic heterocycles. The maximum atomic E-state index is 6.28. The lowest BCUT2D eigenvalue weighted by molar-refractivity contribution is 0.328. The summed E-state index contributed by atoms with van der Waals surface area (Å²) in [5.41, 5.74) is 2.67. The molecule has 2 heterocycles. The number of hydrogen-bond acceptors (Lipinski definition) is 1. The lowest BCUT2D eigenvalue weighted by Crippen LogP contribution is -2.16. The van der Waals surface area contributed by atoms with E-state index >= 15 is 0 Å². The van der Waals surface area contributed by atoms with Crippen LogP contribution in [0.4, 0.5) is 0 Å². The fourth-order valence-corrected chi connectivity index (χ4v) is 4.22. The van der Waals surface area contributed by atoms with Gasteiger partial charge in [0.25, 0.3) is 0 Å². The summed E-state index contributed by atoms with van der Waals surface area (Å²) in [4.78, 5) is 2.84. The number of allylic oxidation sites excluding steroid dienone is 7. The van der Waals surface area contributed by atoms with E-state index in [-0.39, 0.29) is 21.7 Å². The van der Waals surface area contributed by atoms with Crippen LogP contribution in [0.1, 0.15) is 100 Å². The van der Waals surface area contributed by atoms with Gasteiger partial charge in [0.1, 0.15) is 0 Å². The van der Waals surface area contributed by atoms with E-state index in [0.717, 1.165) is 11.5 Å². The van der Waals surface area contributed by atoms with Crippen LogP contribution in [0.2, 0.25) is 0 Å². The third-order valence-corrected chi connectivity index (χ3v) is 7.07. The Balaban J connectivity index is 2.47. The minimum atomic E-state index is -0.0302. The molecule has 1 aliphatic heterocycles. The highest BCUT2D eigenvalue weighted by Crippen LogP contribution is 2.48. The molecule has 0 saturated heterocycles. The van der Waals surface area contributed by atoms with Crippen molar-refractivity contribution in [1.82, 2.24) is 0 Å². The Labute approximate surface area is 195 Å². The predicted octanol–water partition coefficient (Wildman–Crippen LogP) is 9.70. The van der Waals surface area contributed by atoms with Crippen molar-refractivity contribution >= 4 is 17.8 Å². The van der Waals surface area contributed by atoms with E-state index in [1.807, 2.05) is 11.8 Å². The van der Waals surface area contributed by atoms with Crippen molar-refractivity contribution in [2.45, 2.75) is 93.9 Å². The molecule has 0 saturated carbocycles. The van der Waals surface area contributed by atoms with E-state index in [9.17, 15) is 0 Å². The largest absolute Gasteiger partial charge is 0.335 e. The molecule has 0 atom stereocenters. The summed E-state index contributed by atoms with van der Waals surface area (Å²) in [6.45, 7) is 26.9. The van der Waals surface area contributed by atoms with Crippen molar-refractivity contribution in [3.63, 3.8) is 0 Å². The molecule has 0 amide bonds. The summed E-state index contributed by atoms with van der Waals surface area (Å²) in [5.74, 6) is 2.04. The number of rotatable bonds is 2. The summed E-state index contributed by atoms with van der Waals surface area (Å²) >= 11 is 1.93. The fourth-order valence-electron chi connectivity index (χ4n) is 2.98. The summed E-state index contributed by atoms with van der Waals surface area (Å²) in [5, 5.41) is 0. The Hall–Kier alpha value is -1.54. The lowest BCUT2D eigenvalue weighted by Gasteiger charge is -2.31. The van der Waals surface area contributed by atoms with Gasteiger partial charge in [-0.2, -0.15) is 0 Å². The quantitative estimate of drug-likeness (QED) is 0.425. The van der Waals surface area contributed by atoms with Crippen LogP contribution in [-0.4, -0.2) is 0 Å². The van der Waals surface area contributed by atoms with Crippen molar-refractivity contribution in [3.8, 4) is 0 Å². The van der Waals surface area contributed by atoms with Crippen LogP contribution in [0.3, 0.4) is 0 Å². The second kappa shape index (κ2) is 8.77. The Morgan fingerprint density at radius 2 is 1.06 bits per heavy atom. The fraction of sp³-hybridized carbons (Fsp3) is 0.552. The van der Waals surface area contributed by atoms with Crippen LogP contribution in [0.15, 0.2) is 56.2 Å². The number of thioether (sulfide) groups is 1. The van der Waals surface area contributed by atoms with Gasteiger partial charge in [-0.05, 0) is 85.5 Å². The van der Waals surface area contributed by atoms with Crippen molar-refractivity contribution in [2.24, 2.45) is 10.8 Å². The topological polar surface area (TPSA) is 11.3 Å². The Morgan fingerprint density at radius 3 is 1.42 bits per heavy atom. The minimum Gasteiger partial charge on any atom is -0.217 e. The first kappa shape index (κ1) is 25.7. The lowest BCUT2D eigenvalue weighted by atomic mass is 9.88. The van der Waals surface area contributed by atoms with Gasteiger partial charge in [0.15, 0.2) is 0 Å². The van der Waals surface area contributed by atoms with Gasteiger partial charge in [-0.3, -0.25) is 0 Å². The van der Waals surface area contributed by atoms with Crippen LogP contribution < -0.4 is 0 Å². The zero-order valence-corrected chi connectivity index (χ0v) is 22.7. The normalized spacial score (nSPS) is 16.5. The van der Waals surface area contributed by atoms with E-state index in [2.05, 4.69) is 126 Å². The summed E-state index contributed by atoms with van der Waals surface area (Å²) in [7, 11) is 0. The molecule has 0 spiro atoms. The molecule has 1 aliphatic rings.